The molecule has 1 aromatic carbocycles. The van der Waals surface area contributed by atoms with E-state index in [2.05, 4.69) is 0 Å². The van der Waals surface area contributed by atoms with Crippen LogP contribution in [0.25, 0.3) is 0 Å². The Morgan fingerprint density at radius 1 is 0.964 bits per heavy atom. The van der Waals surface area contributed by atoms with E-state index in [9.17, 15) is 44.6 Å². The summed E-state index contributed by atoms with van der Waals surface area (Å²) in [5.74, 6) is -19.6. The average Bonchev–Trinajstić information content (AvgIpc) is 2.52. The van der Waals surface area contributed by atoms with Crippen LogP contribution in [-0.4, -0.2) is 35.2 Å². The number of rotatable bonds is 8. The molecule has 0 aliphatic carbocycles. The summed E-state index contributed by atoms with van der Waals surface area (Å²) in [6.07, 6.45) is -9.06. The highest BCUT2D eigenvalue weighted by Crippen LogP contribution is 2.55. The summed E-state index contributed by atoms with van der Waals surface area (Å²) >= 11 is 0. The number of halogens is 9. The molecular formula is C17H19F9O2. The van der Waals surface area contributed by atoms with E-state index in [0.717, 1.165) is 12.1 Å². The topological polar surface area (TPSA) is 29.5 Å². The monoisotopic (exact) mass is 426 g/mol. The van der Waals surface area contributed by atoms with Crippen molar-refractivity contribution in [3.8, 4) is 5.75 Å². The van der Waals surface area contributed by atoms with Gasteiger partial charge in [0.25, 0.3) is 0 Å². The number of benzene rings is 1. The van der Waals surface area contributed by atoms with Gasteiger partial charge in [-0.2, -0.15) is 39.5 Å². The van der Waals surface area contributed by atoms with Crippen LogP contribution >= 0.6 is 0 Å². The van der Waals surface area contributed by atoms with Crippen molar-refractivity contribution < 1.29 is 49.4 Å². The zero-order valence-corrected chi connectivity index (χ0v) is 15.1. The van der Waals surface area contributed by atoms with Crippen molar-refractivity contribution in [2.45, 2.75) is 69.3 Å². The molecule has 0 amide bonds. The fraction of sp³-hybridized carbons (Fsp3) is 0.647. The van der Waals surface area contributed by atoms with Crippen LogP contribution in [0.4, 0.5) is 39.5 Å². The minimum absolute atomic E-state index is 0.0721. The molecule has 1 rings (SSSR count). The first-order valence-electron chi connectivity index (χ1n) is 8.09. The summed E-state index contributed by atoms with van der Waals surface area (Å²) in [5, 5.41) is 10.2. The molecule has 0 aromatic heterocycles. The summed E-state index contributed by atoms with van der Waals surface area (Å²) < 4.78 is 122. The first-order valence-corrected chi connectivity index (χ1v) is 8.09. The summed E-state index contributed by atoms with van der Waals surface area (Å²) in [6.45, 7) is 4.04. The van der Waals surface area contributed by atoms with Gasteiger partial charge in [0.2, 0.25) is 0 Å². The maximum absolute atomic E-state index is 13.9. The standard InChI is InChI=1S/C17H19F9O2/c1-4-10(2)28-12-7-5-6-11(8-12)13(3,27)9-14(18,19)15(20,21)16(22,23)17(24,25)26/h5-8,10,27H,4,9H2,1-3H3. The fourth-order valence-corrected chi connectivity index (χ4v) is 2.27. The van der Waals surface area contributed by atoms with Crippen molar-refractivity contribution >= 4 is 0 Å². The van der Waals surface area contributed by atoms with E-state index in [4.69, 9.17) is 4.74 Å². The Labute approximate surface area is 155 Å². The highest BCUT2D eigenvalue weighted by atomic mass is 19.4. The number of ether oxygens (including phenoxy) is 1. The Kier molecular flexibility index (Phi) is 6.66. The predicted octanol–water partition coefficient (Wildman–Crippen LogP) is 5.93. The number of hydrogen-bond acceptors (Lipinski definition) is 2. The average molecular weight is 426 g/mol. The van der Waals surface area contributed by atoms with E-state index in [1.54, 1.807) is 13.8 Å². The Balaban J connectivity index is 3.21. The van der Waals surface area contributed by atoms with Crippen LogP contribution in [-0.2, 0) is 5.60 Å². The van der Waals surface area contributed by atoms with Gasteiger partial charge in [-0.15, -0.1) is 0 Å². The third kappa shape index (κ3) is 4.66. The van der Waals surface area contributed by atoms with E-state index < -0.39 is 41.5 Å². The zero-order chi connectivity index (χ0) is 22.2. The first kappa shape index (κ1) is 24.4. The molecule has 0 aliphatic heterocycles. The van der Waals surface area contributed by atoms with Gasteiger partial charge in [-0.1, -0.05) is 19.1 Å². The van der Waals surface area contributed by atoms with Gasteiger partial charge in [0, 0.05) is 0 Å². The lowest BCUT2D eigenvalue weighted by Gasteiger charge is -2.37. The zero-order valence-electron chi connectivity index (χ0n) is 15.1. The fourth-order valence-electron chi connectivity index (χ4n) is 2.27. The SMILES string of the molecule is CCC(C)Oc1cccc(C(C)(O)CC(F)(F)C(F)(F)C(F)(F)C(F)(F)F)c1. The van der Waals surface area contributed by atoms with Crippen molar-refractivity contribution in [2.75, 3.05) is 0 Å². The minimum Gasteiger partial charge on any atom is -0.491 e. The van der Waals surface area contributed by atoms with E-state index in [1.165, 1.54) is 12.1 Å². The highest BCUT2D eigenvalue weighted by molar-refractivity contribution is 5.32. The van der Waals surface area contributed by atoms with Crippen molar-refractivity contribution in [1.29, 1.82) is 0 Å². The van der Waals surface area contributed by atoms with Gasteiger partial charge in [-0.25, -0.2) is 0 Å². The molecule has 28 heavy (non-hydrogen) atoms. The molecule has 0 fully saturated rings. The lowest BCUT2D eigenvalue weighted by molar-refractivity contribution is -0.400. The van der Waals surface area contributed by atoms with Crippen LogP contribution in [0, 0.1) is 0 Å². The van der Waals surface area contributed by atoms with Crippen LogP contribution < -0.4 is 4.74 Å². The summed E-state index contributed by atoms with van der Waals surface area (Å²) in [4.78, 5) is 0. The van der Waals surface area contributed by atoms with Crippen LogP contribution in [0.3, 0.4) is 0 Å². The molecule has 0 radical (unpaired) electrons. The van der Waals surface area contributed by atoms with Crippen molar-refractivity contribution in [3.05, 3.63) is 29.8 Å². The van der Waals surface area contributed by atoms with Gasteiger partial charge >= 0.3 is 23.9 Å². The third-order valence-electron chi connectivity index (χ3n) is 4.14. The highest BCUT2D eigenvalue weighted by Gasteiger charge is 2.81. The molecule has 0 bridgehead atoms. The lowest BCUT2D eigenvalue weighted by atomic mass is 9.86. The molecule has 2 unspecified atom stereocenters. The largest absolute Gasteiger partial charge is 0.491 e. The van der Waals surface area contributed by atoms with Gasteiger partial charge in [0.1, 0.15) is 5.75 Å². The minimum atomic E-state index is -7.00. The molecule has 0 saturated heterocycles. The van der Waals surface area contributed by atoms with E-state index >= 15 is 0 Å². The van der Waals surface area contributed by atoms with Crippen LogP contribution in [0.1, 0.15) is 39.2 Å². The van der Waals surface area contributed by atoms with Gasteiger partial charge in [-0.05, 0) is 38.0 Å². The van der Waals surface area contributed by atoms with Crippen LogP contribution in [0.15, 0.2) is 24.3 Å². The molecule has 11 heteroatoms. The first-order chi connectivity index (χ1) is 12.4. The van der Waals surface area contributed by atoms with E-state index in [-0.39, 0.29) is 11.9 Å². The van der Waals surface area contributed by atoms with Crippen molar-refractivity contribution in [1.82, 2.24) is 0 Å². The maximum Gasteiger partial charge on any atom is 0.460 e. The second-order valence-corrected chi connectivity index (χ2v) is 6.67. The molecule has 0 saturated carbocycles. The molecule has 1 aromatic rings. The van der Waals surface area contributed by atoms with Crippen LogP contribution in [0.5, 0.6) is 5.75 Å². The normalized spacial score (nSPS) is 17.2. The molecule has 0 aliphatic rings. The number of hydrogen-bond donors (Lipinski definition) is 1. The van der Waals surface area contributed by atoms with Crippen molar-refractivity contribution in [3.63, 3.8) is 0 Å². The van der Waals surface area contributed by atoms with E-state index in [0.29, 0.717) is 13.3 Å². The second-order valence-electron chi connectivity index (χ2n) is 6.67. The van der Waals surface area contributed by atoms with Crippen LogP contribution in [0.2, 0.25) is 0 Å². The molecule has 0 spiro atoms. The molecule has 2 atom stereocenters. The molecule has 0 heterocycles. The molecule has 162 valence electrons. The van der Waals surface area contributed by atoms with Gasteiger partial charge < -0.3 is 9.84 Å². The van der Waals surface area contributed by atoms with Gasteiger partial charge in [-0.3, -0.25) is 0 Å². The number of alkyl halides is 9. The second kappa shape index (κ2) is 7.64. The number of aliphatic hydroxyl groups is 1. The quantitative estimate of drug-likeness (QED) is 0.522. The lowest BCUT2D eigenvalue weighted by Crippen LogP contribution is -2.62. The molecular weight excluding hydrogens is 407 g/mol. The molecule has 1 N–H and O–H groups in total. The maximum atomic E-state index is 13.9. The summed E-state index contributed by atoms with van der Waals surface area (Å²) in [7, 11) is 0. The van der Waals surface area contributed by atoms with E-state index in [1.807, 2.05) is 0 Å². The van der Waals surface area contributed by atoms with Gasteiger partial charge in [0.05, 0.1) is 18.1 Å². The molecule has 2 nitrogen and oxygen atoms in total. The predicted molar refractivity (Wildman–Crippen MR) is 81.9 cm³/mol. The Morgan fingerprint density at radius 2 is 1.50 bits per heavy atom. The third-order valence-corrected chi connectivity index (χ3v) is 4.14. The smallest absolute Gasteiger partial charge is 0.460 e. The van der Waals surface area contributed by atoms with Crippen molar-refractivity contribution in [2.24, 2.45) is 0 Å². The summed E-state index contributed by atoms with van der Waals surface area (Å²) in [6, 6.07) is 4.64. The van der Waals surface area contributed by atoms with Gasteiger partial charge in [0.15, 0.2) is 0 Å². The Morgan fingerprint density at radius 3 is 1.96 bits per heavy atom. The summed E-state index contributed by atoms with van der Waals surface area (Å²) in [5.41, 5.74) is -3.28. The Hall–Kier alpha value is -1.65. The Bertz CT molecular complexity index is 669.